The number of benzene rings is 2. The molecule has 0 radical (unpaired) electrons. The Balaban J connectivity index is 1.66. The van der Waals surface area contributed by atoms with Gasteiger partial charge in [-0.25, -0.2) is 5.06 Å². The standard InChI is InChI=1S/C32H42N3O9P/c1-4-7-9-14-27(28(5-2)35(22-36)43-20-23-12-10-8-11-13-23)31(37)33-21-34-32(38)30-16-15-29(44-30)24-17-25(42-6-3)19-26(18-24)45(39,40)41/h8,10-13,15-19,22,27-28H,4-7,9,14,20-21H2,1-3H3,(H,33,37)(H,34,38)(H2,39,40,41)/t27-,28-/m1/s1. The molecule has 13 heteroatoms. The van der Waals surface area contributed by atoms with Gasteiger partial charge >= 0.3 is 7.60 Å². The Morgan fingerprint density at radius 1 is 1.02 bits per heavy atom. The van der Waals surface area contributed by atoms with Crippen LogP contribution < -0.4 is 20.7 Å². The van der Waals surface area contributed by atoms with Crippen LogP contribution in [0, 0.1) is 5.92 Å². The van der Waals surface area contributed by atoms with Gasteiger partial charge in [0, 0.05) is 5.56 Å². The molecule has 2 aromatic carbocycles. The van der Waals surface area contributed by atoms with E-state index in [0.717, 1.165) is 24.8 Å². The van der Waals surface area contributed by atoms with Gasteiger partial charge < -0.3 is 29.6 Å². The fourth-order valence-corrected chi connectivity index (χ4v) is 5.47. The van der Waals surface area contributed by atoms with E-state index in [2.05, 4.69) is 17.6 Å². The van der Waals surface area contributed by atoms with Gasteiger partial charge in [0.25, 0.3) is 5.91 Å². The highest BCUT2D eigenvalue weighted by Crippen LogP contribution is 2.37. The van der Waals surface area contributed by atoms with Gasteiger partial charge in [0.2, 0.25) is 12.3 Å². The smallest absolute Gasteiger partial charge is 0.356 e. The molecular weight excluding hydrogens is 601 g/mol. The van der Waals surface area contributed by atoms with Crippen molar-refractivity contribution in [3.05, 3.63) is 72.0 Å². The molecule has 0 aliphatic heterocycles. The average molecular weight is 644 g/mol. The highest BCUT2D eigenvalue weighted by Gasteiger charge is 2.32. The summed E-state index contributed by atoms with van der Waals surface area (Å²) in [4.78, 5) is 63.4. The predicted octanol–water partition coefficient (Wildman–Crippen LogP) is 4.52. The zero-order chi connectivity index (χ0) is 32.8. The number of carbonyl (C=O) groups excluding carboxylic acids is 3. The van der Waals surface area contributed by atoms with Crippen molar-refractivity contribution in [2.24, 2.45) is 5.92 Å². The summed E-state index contributed by atoms with van der Waals surface area (Å²) in [5, 5.41) is 6.32. The Morgan fingerprint density at radius 2 is 1.78 bits per heavy atom. The average Bonchev–Trinajstić information content (AvgIpc) is 3.53. The van der Waals surface area contributed by atoms with E-state index < -0.39 is 25.5 Å². The summed E-state index contributed by atoms with van der Waals surface area (Å²) in [5.74, 6) is -1.12. The molecule has 45 heavy (non-hydrogen) atoms. The fraction of sp³-hybridized carbons (Fsp3) is 0.406. The lowest BCUT2D eigenvalue weighted by Gasteiger charge is -2.32. The molecule has 0 spiro atoms. The lowest BCUT2D eigenvalue weighted by molar-refractivity contribution is -0.200. The molecule has 3 amide bonds. The zero-order valence-electron chi connectivity index (χ0n) is 25.8. The van der Waals surface area contributed by atoms with Crippen molar-refractivity contribution in [3.8, 4) is 17.1 Å². The summed E-state index contributed by atoms with van der Waals surface area (Å²) in [6.07, 6.45) is 4.28. The Labute approximate surface area is 263 Å². The number of ether oxygens (including phenoxy) is 1. The summed E-state index contributed by atoms with van der Waals surface area (Å²) in [6.45, 7) is 5.96. The second-order valence-corrected chi connectivity index (χ2v) is 12.0. The molecule has 2 atom stereocenters. The third kappa shape index (κ3) is 10.6. The predicted molar refractivity (Wildman–Crippen MR) is 168 cm³/mol. The Bertz CT molecular complexity index is 1440. The molecule has 0 saturated carbocycles. The van der Waals surface area contributed by atoms with Crippen molar-refractivity contribution in [1.29, 1.82) is 0 Å². The van der Waals surface area contributed by atoms with Crippen molar-refractivity contribution >= 4 is 31.1 Å². The second kappa shape index (κ2) is 17.5. The summed E-state index contributed by atoms with van der Waals surface area (Å²) in [7, 11) is -4.58. The van der Waals surface area contributed by atoms with Crippen molar-refractivity contribution < 1.29 is 42.7 Å². The molecule has 1 heterocycles. The van der Waals surface area contributed by atoms with E-state index >= 15 is 0 Å². The van der Waals surface area contributed by atoms with Crippen LogP contribution in [0.5, 0.6) is 5.75 Å². The molecule has 0 aliphatic rings. The van der Waals surface area contributed by atoms with E-state index in [1.54, 1.807) is 13.0 Å². The summed E-state index contributed by atoms with van der Waals surface area (Å²) in [6, 6.07) is 15.9. The van der Waals surface area contributed by atoms with E-state index in [-0.39, 0.29) is 48.4 Å². The quantitative estimate of drug-likeness (QED) is 0.0483. The monoisotopic (exact) mass is 643 g/mol. The van der Waals surface area contributed by atoms with E-state index in [1.165, 1.54) is 29.3 Å². The van der Waals surface area contributed by atoms with Gasteiger partial charge in [0.15, 0.2) is 5.76 Å². The highest BCUT2D eigenvalue weighted by molar-refractivity contribution is 7.60. The number of hydrogen-bond acceptors (Lipinski definition) is 7. The number of hydroxylamine groups is 2. The molecule has 0 fully saturated rings. The Morgan fingerprint density at radius 3 is 2.42 bits per heavy atom. The number of unbranched alkanes of at least 4 members (excludes halogenated alkanes) is 2. The maximum Gasteiger partial charge on any atom is 0.356 e. The number of furan rings is 1. The minimum Gasteiger partial charge on any atom is -0.494 e. The molecule has 244 valence electrons. The van der Waals surface area contributed by atoms with E-state index in [9.17, 15) is 28.7 Å². The first-order chi connectivity index (χ1) is 21.6. The van der Waals surface area contributed by atoms with Crippen LogP contribution in [0.1, 0.15) is 69.0 Å². The largest absolute Gasteiger partial charge is 0.494 e. The van der Waals surface area contributed by atoms with Crippen LogP contribution in [0.15, 0.2) is 65.1 Å². The zero-order valence-corrected chi connectivity index (χ0v) is 26.7. The maximum atomic E-state index is 13.4. The molecule has 3 rings (SSSR count). The molecule has 1 aromatic heterocycles. The Kier molecular flexibility index (Phi) is 13.8. The third-order valence-corrected chi connectivity index (χ3v) is 8.09. The second-order valence-electron chi connectivity index (χ2n) is 10.4. The van der Waals surface area contributed by atoms with Gasteiger partial charge in [-0.15, -0.1) is 0 Å². The van der Waals surface area contributed by atoms with Gasteiger partial charge in [-0.2, -0.15) is 0 Å². The topological polar surface area (TPSA) is 168 Å². The van der Waals surface area contributed by atoms with E-state index in [1.807, 2.05) is 37.3 Å². The third-order valence-electron chi connectivity index (χ3n) is 7.16. The molecule has 4 N–H and O–H groups in total. The first kappa shape index (κ1) is 35.5. The number of hydrogen-bond donors (Lipinski definition) is 4. The van der Waals surface area contributed by atoms with Crippen LogP contribution in [0.3, 0.4) is 0 Å². The van der Waals surface area contributed by atoms with Crippen LogP contribution in [0.2, 0.25) is 0 Å². The molecular formula is C32H42N3O9P. The van der Waals surface area contributed by atoms with Gasteiger partial charge in [0.05, 0.1) is 30.5 Å². The van der Waals surface area contributed by atoms with Crippen LogP contribution in [-0.4, -0.2) is 52.4 Å². The number of amides is 3. The number of nitrogens with zero attached hydrogens (tertiary/aromatic N) is 1. The highest BCUT2D eigenvalue weighted by atomic mass is 31.2. The first-order valence-electron chi connectivity index (χ1n) is 15.0. The van der Waals surface area contributed by atoms with Crippen molar-refractivity contribution in [2.45, 2.75) is 65.5 Å². The van der Waals surface area contributed by atoms with Crippen LogP contribution in [0.25, 0.3) is 11.3 Å². The summed E-state index contributed by atoms with van der Waals surface area (Å²) >= 11 is 0. The van der Waals surface area contributed by atoms with Gasteiger partial charge in [-0.3, -0.25) is 23.8 Å². The Hall–Kier alpha value is -3.96. The lowest BCUT2D eigenvalue weighted by atomic mass is 9.90. The summed E-state index contributed by atoms with van der Waals surface area (Å²) < 4.78 is 23.0. The van der Waals surface area contributed by atoms with Crippen LogP contribution in [0.4, 0.5) is 0 Å². The molecule has 0 bridgehead atoms. The molecule has 0 unspecified atom stereocenters. The lowest BCUT2D eigenvalue weighted by Crippen LogP contribution is -2.48. The maximum absolute atomic E-state index is 13.4. The minimum atomic E-state index is -4.58. The van der Waals surface area contributed by atoms with Gasteiger partial charge in [0.1, 0.15) is 18.1 Å². The van der Waals surface area contributed by atoms with Gasteiger partial charge in [-0.1, -0.05) is 63.4 Å². The molecule has 12 nitrogen and oxygen atoms in total. The van der Waals surface area contributed by atoms with Crippen LogP contribution in [-0.2, 0) is 25.6 Å². The fourth-order valence-electron chi connectivity index (χ4n) is 4.87. The van der Waals surface area contributed by atoms with Crippen molar-refractivity contribution in [3.63, 3.8) is 0 Å². The van der Waals surface area contributed by atoms with E-state index in [4.69, 9.17) is 14.0 Å². The van der Waals surface area contributed by atoms with Crippen molar-refractivity contribution in [2.75, 3.05) is 13.3 Å². The SMILES string of the molecule is CCCCC[C@@H](C(=O)NCNC(=O)c1ccc(-c2cc(OCC)cc(P(=O)(O)O)c2)o1)[C@@H](CC)N(C=O)OCc1ccccc1. The van der Waals surface area contributed by atoms with E-state index in [0.29, 0.717) is 24.8 Å². The van der Waals surface area contributed by atoms with Crippen molar-refractivity contribution in [1.82, 2.24) is 15.7 Å². The number of nitrogens with one attached hydrogen (secondary N) is 2. The first-order valence-corrected chi connectivity index (χ1v) is 16.6. The van der Waals surface area contributed by atoms with Gasteiger partial charge in [-0.05, 0) is 55.7 Å². The molecule has 0 saturated heterocycles. The van der Waals surface area contributed by atoms with Crippen LogP contribution >= 0.6 is 7.60 Å². The number of carbonyl (C=O) groups is 3. The normalized spacial score (nSPS) is 12.6. The minimum absolute atomic E-state index is 0.0637. The summed E-state index contributed by atoms with van der Waals surface area (Å²) in [5.41, 5.74) is 1.21. The molecule has 3 aromatic rings. The molecule has 0 aliphatic carbocycles. The number of rotatable bonds is 19.